The highest BCUT2D eigenvalue weighted by Gasteiger charge is 2.18. The molecule has 2 heterocycles. The van der Waals surface area contributed by atoms with Gasteiger partial charge in [-0.3, -0.25) is 20.2 Å². The zero-order valence-corrected chi connectivity index (χ0v) is 19.1. The SMILES string of the molecule is C.CC(C)(C)c1cc2ccc([N+](=O)[O-])cc2[nH]1.CC(C)(C)c1cc2ccc([N+](=O)[O-])cc2[nH]1.[2H][2H]. The van der Waals surface area contributed by atoms with Gasteiger partial charge in [0.1, 0.15) is 0 Å². The monoisotopic (exact) mass is 456 g/mol. The minimum atomic E-state index is -0.378. The zero-order valence-electron chi connectivity index (χ0n) is 21.1. The van der Waals surface area contributed by atoms with Crippen molar-refractivity contribution in [1.82, 2.24) is 9.97 Å². The lowest BCUT2D eigenvalue weighted by Crippen LogP contribution is -2.10. The molecule has 2 aromatic heterocycles. The van der Waals surface area contributed by atoms with Crippen molar-refractivity contribution >= 4 is 33.2 Å². The van der Waals surface area contributed by atoms with Crippen LogP contribution in [0.1, 0.15) is 63.3 Å². The number of nitrogens with one attached hydrogen (secondary N) is 2. The van der Waals surface area contributed by atoms with E-state index < -0.39 is 0 Å². The maximum absolute atomic E-state index is 10.6. The molecule has 0 fully saturated rings. The molecule has 8 heteroatoms. The predicted molar refractivity (Wildman–Crippen MR) is 136 cm³/mol. The Morgan fingerprint density at radius 2 is 1.03 bits per heavy atom. The average molecular weight is 457 g/mol. The summed E-state index contributed by atoms with van der Waals surface area (Å²) >= 11 is 0. The van der Waals surface area contributed by atoms with Crippen LogP contribution < -0.4 is 0 Å². The highest BCUT2D eigenvalue weighted by molar-refractivity contribution is 5.83. The van der Waals surface area contributed by atoms with Gasteiger partial charge in [0, 0.05) is 60.2 Å². The topological polar surface area (TPSA) is 118 Å². The normalized spacial score (nSPS) is 11.8. The molecular weight excluding hydrogens is 420 g/mol. The van der Waals surface area contributed by atoms with Crippen LogP contribution in [0.25, 0.3) is 21.8 Å². The lowest BCUT2D eigenvalue weighted by molar-refractivity contribution is -0.384. The Morgan fingerprint density at radius 3 is 1.30 bits per heavy atom. The lowest BCUT2D eigenvalue weighted by atomic mass is 9.92. The Kier molecular flexibility index (Phi) is 6.58. The predicted octanol–water partition coefficient (Wildman–Crippen LogP) is 7.63. The third-order valence-electron chi connectivity index (χ3n) is 5.25. The molecule has 0 amide bonds. The molecule has 0 aliphatic rings. The molecule has 8 nitrogen and oxygen atoms in total. The van der Waals surface area contributed by atoms with Crippen molar-refractivity contribution in [1.29, 1.82) is 0 Å². The fraction of sp³-hybridized carbons (Fsp3) is 0.360. The molecule has 0 saturated carbocycles. The maximum Gasteiger partial charge on any atom is 0.271 e. The molecule has 0 aliphatic carbocycles. The number of nitrogens with zero attached hydrogens (tertiary/aromatic N) is 2. The number of benzene rings is 2. The summed E-state index contributed by atoms with van der Waals surface area (Å²) in [5.41, 5.74) is 4.09. The van der Waals surface area contributed by atoms with E-state index >= 15 is 0 Å². The van der Waals surface area contributed by atoms with E-state index in [1.165, 1.54) is 12.1 Å². The van der Waals surface area contributed by atoms with Crippen LogP contribution in [0.15, 0.2) is 48.5 Å². The first-order valence-electron chi connectivity index (χ1n) is 11.3. The number of fused-ring (bicyclic) bond motifs is 2. The van der Waals surface area contributed by atoms with Gasteiger partial charge >= 0.3 is 0 Å². The second-order valence-corrected chi connectivity index (χ2v) is 9.92. The Morgan fingerprint density at radius 1 is 0.697 bits per heavy atom. The molecule has 0 bridgehead atoms. The van der Waals surface area contributed by atoms with E-state index in [1.54, 1.807) is 24.3 Å². The summed E-state index contributed by atoms with van der Waals surface area (Å²) in [5.74, 6) is 0. The van der Waals surface area contributed by atoms with Gasteiger partial charge in [-0.1, -0.05) is 49.0 Å². The third-order valence-corrected chi connectivity index (χ3v) is 5.25. The smallest absolute Gasteiger partial charge is 0.271 e. The van der Waals surface area contributed by atoms with Crippen molar-refractivity contribution in [2.45, 2.75) is 59.8 Å². The largest absolute Gasteiger partial charge is 0.358 e. The Hall–Kier alpha value is -3.68. The van der Waals surface area contributed by atoms with Gasteiger partial charge in [0.2, 0.25) is 0 Å². The van der Waals surface area contributed by atoms with Crippen LogP contribution in [-0.2, 0) is 10.8 Å². The molecule has 2 N–H and O–H groups in total. The minimum Gasteiger partial charge on any atom is -0.358 e. The third kappa shape index (κ3) is 5.77. The van der Waals surface area contributed by atoms with Crippen molar-refractivity contribution < 1.29 is 12.8 Å². The second-order valence-electron chi connectivity index (χ2n) is 9.92. The molecule has 178 valence electrons. The molecule has 33 heavy (non-hydrogen) atoms. The second kappa shape index (κ2) is 9.05. The van der Waals surface area contributed by atoms with Gasteiger partial charge in [-0.05, 0) is 24.3 Å². The van der Waals surface area contributed by atoms with Gasteiger partial charge in [0.05, 0.1) is 20.9 Å². The first kappa shape index (κ1) is 24.0. The summed E-state index contributed by atoms with van der Waals surface area (Å²) in [6, 6.07) is 13.8. The van der Waals surface area contributed by atoms with Crippen molar-refractivity contribution in [3.63, 3.8) is 0 Å². The van der Waals surface area contributed by atoms with E-state index in [2.05, 4.69) is 51.5 Å². The van der Waals surface area contributed by atoms with Gasteiger partial charge in [0.25, 0.3) is 11.4 Å². The van der Waals surface area contributed by atoms with Crippen LogP contribution in [0.3, 0.4) is 0 Å². The number of aromatic nitrogens is 2. The summed E-state index contributed by atoms with van der Waals surface area (Å²) in [6.45, 7) is 12.6. The van der Waals surface area contributed by atoms with Crippen LogP contribution in [0.5, 0.6) is 0 Å². The molecule has 0 atom stereocenters. The standard InChI is InChI=1S/2C12H14N2O2.CH4.H2/c2*1-12(2,3)11-6-8-4-5-9(14(15)16)7-10(8)13-11;;/h2*4-7,13H,1-3H3;1H4;1H/i;;;1+1D. The number of nitro groups is 2. The molecule has 4 rings (SSSR count). The van der Waals surface area contributed by atoms with Crippen LogP contribution >= 0.6 is 0 Å². The van der Waals surface area contributed by atoms with Crippen molar-refractivity contribution in [3.05, 3.63) is 80.1 Å². The number of H-pyrrole nitrogens is 2. The summed E-state index contributed by atoms with van der Waals surface area (Å²) in [7, 11) is 0. The van der Waals surface area contributed by atoms with E-state index in [9.17, 15) is 20.2 Å². The molecular formula is C25H34N4O4. The highest BCUT2D eigenvalue weighted by Crippen LogP contribution is 2.29. The van der Waals surface area contributed by atoms with E-state index in [4.69, 9.17) is 2.97 Å². The van der Waals surface area contributed by atoms with Gasteiger partial charge in [-0.15, -0.1) is 0 Å². The quantitative estimate of drug-likeness (QED) is 0.238. The number of hydrogen-bond acceptors (Lipinski definition) is 4. The first-order valence-corrected chi connectivity index (χ1v) is 10.3. The number of aromatic amines is 2. The maximum atomic E-state index is 10.6. The summed E-state index contributed by atoms with van der Waals surface area (Å²) in [4.78, 5) is 27.0. The first-order chi connectivity index (χ1) is 15.8. The molecule has 0 spiro atoms. The highest BCUT2D eigenvalue weighted by atomic mass is 16.6. The Balaban J connectivity index is 0.000000318. The molecule has 4 aromatic rings. The lowest BCUT2D eigenvalue weighted by Gasteiger charge is -2.15. The van der Waals surface area contributed by atoms with Gasteiger partial charge in [-0.25, -0.2) is 0 Å². The minimum absolute atomic E-state index is 0. The molecule has 0 saturated heterocycles. The number of non-ortho nitro benzene ring substituents is 2. The zero-order chi connectivity index (χ0) is 25.8. The Labute approximate surface area is 196 Å². The summed E-state index contributed by atoms with van der Waals surface area (Å²) in [5, 5.41) is 23.3. The summed E-state index contributed by atoms with van der Waals surface area (Å²) < 4.78 is 10.0. The van der Waals surface area contributed by atoms with Crippen LogP contribution in [0, 0.1) is 20.2 Å². The van der Waals surface area contributed by atoms with E-state index in [0.717, 1.165) is 33.2 Å². The van der Waals surface area contributed by atoms with Gasteiger partial charge in [0.15, 0.2) is 0 Å². The fourth-order valence-electron chi connectivity index (χ4n) is 3.27. The van der Waals surface area contributed by atoms with Crippen LogP contribution in [-0.4, -0.2) is 19.8 Å². The van der Waals surface area contributed by atoms with Crippen molar-refractivity contribution in [3.8, 4) is 0 Å². The molecule has 0 aliphatic heterocycles. The van der Waals surface area contributed by atoms with E-state index in [-0.39, 0.29) is 39.5 Å². The van der Waals surface area contributed by atoms with Crippen molar-refractivity contribution in [2.24, 2.45) is 0 Å². The fourth-order valence-corrected chi connectivity index (χ4v) is 3.27. The Bertz CT molecular complexity index is 1210. The molecule has 2 aromatic carbocycles. The average Bonchev–Trinajstić information content (AvgIpc) is 3.38. The van der Waals surface area contributed by atoms with E-state index in [0.29, 0.717) is 0 Å². The summed E-state index contributed by atoms with van der Waals surface area (Å²) in [6.07, 6.45) is 0. The van der Waals surface area contributed by atoms with Crippen LogP contribution in [0.2, 0.25) is 0 Å². The number of hydrogen-bond donors (Lipinski definition) is 2. The molecule has 0 unspecified atom stereocenters. The molecule has 0 radical (unpaired) electrons. The van der Waals surface area contributed by atoms with Gasteiger partial charge < -0.3 is 9.97 Å². The van der Waals surface area contributed by atoms with Gasteiger partial charge in [-0.2, -0.15) is 0 Å². The van der Waals surface area contributed by atoms with Crippen LogP contribution in [0.4, 0.5) is 11.4 Å². The number of nitro benzene ring substituents is 2. The van der Waals surface area contributed by atoms with Crippen molar-refractivity contribution in [2.75, 3.05) is 0 Å². The van der Waals surface area contributed by atoms with E-state index in [1.807, 2.05) is 12.1 Å². The number of rotatable bonds is 2.